The van der Waals surface area contributed by atoms with Crippen LogP contribution in [0.3, 0.4) is 0 Å². The number of pyridine rings is 1. The van der Waals surface area contributed by atoms with Gasteiger partial charge < -0.3 is 45.3 Å². The Morgan fingerprint density at radius 2 is 2.00 bits per heavy atom. The van der Waals surface area contributed by atoms with Gasteiger partial charge in [0.05, 0.1) is 12.2 Å². The molecule has 8 atom stereocenters. The molecule has 210 valence electrons. The van der Waals surface area contributed by atoms with Crippen LogP contribution in [0.25, 0.3) is 0 Å². The Morgan fingerprint density at radius 3 is 2.64 bits per heavy atom. The average molecular weight is 549 g/mol. The maximum Gasteiger partial charge on any atom is 0.330 e. The number of hydrogen-bond acceptors (Lipinski definition) is 12. The molecule has 0 aliphatic carbocycles. The summed E-state index contributed by atoms with van der Waals surface area (Å²) in [6.07, 6.45) is -9.06. The fraction of sp³-hybridized carbons (Fsp3) is 0.435. The zero-order valence-corrected chi connectivity index (χ0v) is 20.4. The second-order valence-corrected chi connectivity index (χ2v) is 8.66. The van der Waals surface area contributed by atoms with E-state index >= 15 is 0 Å². The molecule has 16 nitrogen and oxygen atoms in total. The van der Waals surface area contributed by atoms with Crippen LogP contribution >= 0.6 is 0 Å². The van der Waals surface area contributed by atoms with Crippen LogP contribution in [0.5, 0.6) is 0 Å². The first-order valence-corrected chi connectivity index (χ1v) is 11.7. The van der Waals surface area contributed by atoms with Gasteiger partial charge in [0.2, 0.25) is 12.2 Å². The van der Waals surface area contributed by atoms with Crippen molar-refractivity contribution in [2.75, 3.05) is 7.11 Å². The number of nitrogens with one attached hydrogen (secondary N) is 2. The zero-order valence-electron chi connectivity index (χ0n) is 20.4. The molecule has 0 spiro atoms. The number of nitrogens with zero attached hydrogens (tertiary/aromatic N) is 2. The number of nitrogens with two attached hydrogens (primary N) is 1. The molecule has 0 unspecified atom stereocenters. The van der Waals surface area contributed by atoms with E-state index in [1.165, 1.54) is 7.11 Å². The van der Waals surface area contributed by atoms with Crippen LogP contribution in [0.4, 0.5) is 0 Å². The normalized spacial score (nSPS) is 29.2. The van der Waals surface area contributed by atoms with E-state index in [-0.39, 0.29) is 6.54 Å². The second kappa shape index (κ2) is 11.9. The predicted molar refractivity (Wildman–Crippen MR) is 127 cm³/mol. The predicted octanol–water partition coefficient (Wildman–Crippen LogP) is -3.65. The molecule has 0 aromatic carbocycles. The van der Waals surface area contributed by atoms with Crippen molar-refractivity contribution in [1.29, 1.82) is 0 Å². The number of ether oxygens (including phenoxy) is 4. The van der Waals surface area contributed by atoms with Crippen LogP contribution in [0.1, 0.15) is 11.9 Å². The Kier molecular flexibility index (Phi) is 8.54. The number of aliphatic hydroxyl groups excluding tert-OH is 3. The van der Waals surface area contributed by atoms with E-state index in [1.807, 2.05) is 4.98 Å². The third-order valence-electron chi connectivity index (χ3n) is 6.08. The van der Waals surface area contributed by atoms with E-state index in [0.29, 0.717) is 5.69 Å². The van der Waals surface area contributed by atoms with Gasteiger partial charge in [-0.25, -0.2) is 4.79 Å². The van der Waals surface area contributed by atoms with E-state index in [2.05, 4.69) is 10.3 Å². The molecule has 1 fully saturated rings. The first kappa shape index (κ1) is 28.1. The van der Waals surface area contributed by atoms with Crippen LogP contribution in [0.2, 0.25) is 0 Å². The van der Waals surface area contributed by atoms with Crippen LogP contribution < -0.4 is 22.3 Å². The van der Waals surface area contributed by atoms with Crippen LogP contribution in [-0.4, -0.2) is 91.7 Å². The molecule has 0 saturated carbocycles. The van der Waals surface area contributed by atoms with Gasteiger partial charge in [-0.2, -0.15) is 0 Å². The Morgan fingerprint density at radius 1 is 1.23 bits per heavy atom. The highest BCUT2D eigenvalue weighted by Gasteiger charge is 2.52. The number of aromatic nitrogens is 3. The number of aromatic amines is 1. The van der Waals surface area contributed by atoms with E-state index in [1.54, 1.807) is 24.4 Å². The topological polar surface area (TPSA) is 238 Å². The smallest absolute Gasteiger partial charge is 0.330 e. The van der Waals surface area contributed by atoms with Crippen LogP contribution in [0, 0.1) is 0 Å². The molecule has 7 N–H and O–H groups in total. The summed E-state index contributed by atoms with van der Waals surface area (Å²) in [4.78, 5) is 54.8. The van der Waals surface area contributed by atoms with Crippen molar-refractivity contribution in [3.05, 3.63) is 75.0 Å². The summed E-state index contributed by atoms with van der Waals surface area (Å²) in [6, 6.07) is 6.13. The van der Waals surface area contributed by atoms with Crippen molar-refractivity contribution in [3.63, 3.8) is 0 Å². The molecule has 2 aromatic rings. The molecule has 39 heavy (non-hydrogen) atoms. The van der Waals surface area contributed by atoms with Crippen molar-refractivity contribution in [2.24, 2.45) is 5.73 Å². The number of methoxy groups -OCH3 is 1. The fourth-order valence-corrected chi connectivity index (χ4v) is 4.15. The molecule has 16 heteroatoms. The number of carbonyl (C=O) groups excluding carboxylic acids is 2. The molecule has 0 bridgehead atoms. The van der Waals surface area contributed by atoms with Crippen molar-refractivity contribution >= 4 is 11.8 Å². The molecular formula is C23H27N5O11. The van der Waals surface area contributed by atoms with Crippen molar-refractivity contribution in [3.8, 4) is 0 Å². The lowest BCUT2D eigenvalue weighted by molar-refractivity contribution is -0.241. The maximum atomic E-state index is 12.6. The maximum absolute atomic E-state index is 12.6. The minimum atomic E-state index is -1.79. The molecule has 1 saturated heterocycles. The van der Waals surface area contributed by atoms with Crippen LogP contribution in [0.15, 0.2) is 58.1 Å². The zero-order chi connectivity index (χ0) is 28.3. The lowest BCUT2D eigenvalue weighted by Gasteiger charge is -2.35. The fourth-order valence-electron chi connectivity index (χ4n) is 4.15. The summed E-state index contributed by atoms with van der Waals surface area (Å²) >= 11 is 0. The number of rotatable bonds is 9. The first-order valence-electron chi connectivity index (χ1n) is 11.7. The first-order chi connectivity index (χ1) is 18.6. The number of carbonyl (C=O) groups is 2. The molecule has 2 aromatic heterocycles. The second-order valence-electron chi connectivity index (χ2n) is 8.66. The van der Waals surface area contributed by atoms with Gasteiger partial charge in [0.25, 0.3) is 11.5 Å². The Bertz CT molecular complexity index is 1330. The van der Waals surface area contributed by atoms with E-state index in [0.717, 1.165) is 22.9 Å². The highest BCUT2D eigenvalue weighted by Crippen LogP contribution is 2.34. The average Bonchev–Trinajstić information content (AvgIpc) is 3.23. The van der Waals surface area contributed by atoms with Gasteiger partial charge in [-0.15, -0.1) is 0 Å². The summed E-state index contributed by atoms with van der Waals surface area (Å²) in [5, 5.41) is 34.1. The minimum Gasteiger partial charge on any atom is -0.456 e. The number of hydrogen-bond donors (Lipinski definition) is 6. The van der Waals surface area contributed by atoms with Gasteiger partial charge >= 0.3 is 5.69 Å². The molecular weight excluding hydrogens is 522 g/mol. The lowest BCUT2D eigenvalue weighted by atomic mass is 10.0. The van der Waals surface area contributed by atoms with Crippen molar-refractivity contribution in [2.45, 2.75) is 55.7 Å². The number of primary amides is 1. The molecule has 4 rings (SSSR count). The third kappa shape index (κ3) is 6.06. The summed E-state index contributed by atoms with van der Waals surface area (Å²) in [7, 11) is 1.20. The van der Waals surface area contributed by atoms with Gasteiger partial charge in [0.15, 0.2) is 18.1 Å². The van der Waals surface area contributed by atoms with Gasteiger partial charge in [0.1, 0.15) is 30.5 Å². The molecule has 2 aliphatic rings. The van der Waals surface area contributed by atoms with Crippen molar-refractivity contribution < 1.29 is 43.9 Å². The van der Waals surface area contributed by atoms with Gasteiger partial charge in [0, 0.05) is 25.6 Å². The lowest BCUT2D eigenvalue weighted by Crippen LogP contribution is -2.54. The third-order valence-corrected chi connectivity index (χ3v) is 6.08. The van der Waals surface area contributed by atoms with Gasteiger partial charge in [-0.3, -0.25) is 28.9 Å². The molecule has 4 heterocycles. The Hall–Kier alpha value is -3.93. The minimum absolute atomic E-state index is 0.0310. The quantitative estimate of drug-likeness (QED) is 0.178. The summed E-state index contributed by atoms with van der Waals surface area (Å²) in [5.74, 6) is -2.31. The standard InChI is InChI=1S/C23H27N5O11/c1-36-16-15(32)21(28-7-5-13(30)27-23(28)35)38-17(16)18(19(24)33)39-22-14(31)11(29)8-12(37-22)20(34)26-9-10-4-2-3-6-25-10/h2-8,11,14-18,21-22,29,31-32H,9H2,1H3,(H2,24,33)(H,26,34)(H,27,30,35)/t11-,14-,15+,16-,17-,18+,21+,22+/m0/s1. The molecule has 2 aliphatic heterocycles. The Balaban J connectivity index is 1.51. The van der Waals surface area contributed by atoms with Crippen molar-refractivity contribution in [1.82, 2.24) is 19.9 Å². The number of H-pyrrole nitrogens is 1. The molecule has 0 radical (unpaired) electrons. The number of aliphatic hydroxyl groups is 3. The van der Waals surface area contributed by atoms with E-state index < -0.39 is 78.0 Å². The van der Waals surface area contributed by atoms with Gasteiger partial charge in [-0.1, -0.05) is 6.07 Å². The summed E-state index contributed by atoms with van der Waals surface area (Å²) in [5.41, 5.74) is 4.48. The van der Waals surface area contributed by atoms with Crippen LogP contribution in [-0.2, 0) is 35.1 Å². The van der Waals surface area contributed by atoms with Gasteiger partial charge in [-0.05, 0) is 18.2 Å². The molecule has 2 amide bonds. The van der Waals surface area contributed by atoms with E-state index in [9.17, 15) is 34.5 Å². The highest BCUT2D eigenvalue weighted by molar-refractivity contribution is 5.91. The summed E-state index contributed by atoms with van der Waals surface area (Å²) in [6.45, 7) is 0.0310. The highest BCUT2D eigenvalue weighted by atomic mass is 16.7. The largest absolute Gasteiger partial charge is 0.456 e. The van der Waals surface area contributed by atoms with E-state index in [4.69, 9.17) is 24.7 Å². The summed E-state index contributed by atoms with van der Waals surface area (Å²) < 4.78 is 22.9. The monoisotopic (exact) mass is 549 g/mol. The number of amides is 2. The Labute approximate surface area is 219 Å². The SMILES string of the molecule is CO[C@H]1[C@@H](O)[C@H](n2ccc(=O)[nH]c2=O)O[C@@H]1[C@@H](O[C@H]1OC(C(=O)NCc2ccccn2)=C[C@H](O)[C@@H]1O)C(N)=O.